The van der Waals surface area contributed by atoms with Gasteiger partial charge >= 0.3 is 17.9 Å². The number of unbranched alkanes of at least 4 members (excludes halogenated alkanes) is 33. The van der Waals surface area contributed by atoms with Crippen molar-refractivity contribution in [2.75, 3.05) is 13.2 Å². The molecule has 0 N–H and O–H groups in total. The second kappa shape index (κ2) is 68.6. The molecule has 0 bridgehead atoms. The highest BCUT2D eigenvalue weighted by Crippen LogP contribution is 2.17. The zero-order chi connectivity index (χ0) is 58.5. The Bertz CT molecular complexity index is 1620. The molecule has 464 valence electrons. The van der Waals surface area contributed by atoms with E-state index in [1.807, 2.05) is 6.08 Å². The first-order valence-corrected chi connectivity index (χ1v) is 34.4. The van der Waals surface area contributed by atoms with Crippen LogP contribution in [-0.4, -0.2) is 37.2 Å². The van der Waals surface area contributed by atoms with Gasteiger partial charge in [-0.15, -0.1) is 0 Å². The summed E-state index contributed by atoms with van der Waals surface area (Å²) in [5.74, 6) is -0.980. The summed E-state index contributed by atoms with van der Waals surface area (Å²) in [5, 5.41) is 0. The van der Waals surface area contributed by atoms with Crippen LogP contribution in [0.1, 0.15) is 329 Å². The molecule has 0 aliphatic heterocycles. The number of allylic oxidation sites excluding steroid dienone is 18. The Hall–Kier alpha value is -3.93. The highest BCUT2D eigenvalue weighted by Gasteiger charge is 2.19. The average Bonchev–Trinajstić information content (AvgIpc) is 3.46. The molecule has 0 fully saturated rings. The summed E-state index contributed by atoms with van der Waals surface area (Å²) in [5.41, 5.74) is 0. The number of carbonyl (C=O) groups excluding carboxylic acids is 3. The van der Waals surface area contributed by atoms with Crippen LogP contribution in [0.4, 0.5) is 0 Å². The van der Waals surface area contributed by atoms with Crippen LogP contribution in [0.5, 0.6) is 0 Å². The standard InChI is InChI=1S/C75H128O6/c1-4-7-10-13-16-19-22-25-27-29-31-33-35-36-37-38-40-41-43-45-47-50-53-56-59-62-65-68-74(77)80-71-72(70-79-73(76)67-64-61-58-55-52-49-24-21-18-15-12-9-6-3)81-75(78)69-66-63-60-57-54-51-48-46-44-42-39-34-32-30-28-26-23-20-17-14-11-8-5-2/h8-9,11-12,17-18,20-21,26,28-29,31-32,34,49,52,58,61,72H,4-7,10,13-16,19,22-25,27,30,33,35-48,50-51,53-57,59-60,62-71H2,1-3H3/b11-8-,12-9-,20-17-,21-18-,28-26-,31-29-,34-32-,52-49-,61-58-. The predicted molar refractivity (Wildman–Crippen MR) is 353 cm³/mol. The van der Waals surface area contributed by atoms with Crippen LogP contribution in [0, 0.1) is 0 Å². The summed E-state index contributed by atoms with van der Waals surface area (Å²) in [7, 11) is 0. The van der Waals surface area contributed by atoms with E-state index in [9.17, 15) is 14.4 Å². The van der Waals surface area contributed by atoms with Crippen LogP contribution in [0.2, 0.25) is 0 Å². The Balaban J connectivity index is 4.30. The van der Waals surface area contributed by atoms with Crippen LogP contribution in [-0.2, 0) is 28.6 Å². The lowest BCUT2D eigenvalue weighted by Gasteiger charge is -2.18. The number of esters is 3. The van der Waals surface area contributed by atoms with Crippen LogP contribution in [0.3, 0.4) is 0 Å². The minimum absolute atomic E-state index is 0.101. The summed E-state index contributed by atoms with van der Waals surface area (Å²) < 4.78 is 16.9. The molecule has 0 spiro atoms. The van der Waals surface area contributed by atoms with E-state index in [0.717, 1.165) is 89.9 Å². The molecule has 0 amide bonds. The van der Waals surface area contributed by atoms with Gasteiger partial charge in [0.2, 0.25) is 0 Å². The van der Waals surface area contributed by atoms with Gasteiger partial charge < -0.3 is 14.2 Å². The fourth-order valence-corrected chi connectivity index (χ4v) is 9.68. The van der Waals surface area contributed by atoms with Crippen molar-refractivity contribution in [2.45, 2.75) is 335 Å². The maximum Gasteiger partial charge on any atom is 0.306 e. The zero-order valence-corrected chi connectivity index (χ0v) is 53.3. The highest BCUT2D eigenvalue weighted by molar-refractivity contribution is 5.71. The van der Waals surface area contributed by atoms with E-state index in [2.05, 4.69) is 124 Å². The molecule has 0 aliphatic rings. The Labute approximate surface area is 501 Å². The molecule has 0 saturated heterocycles. The fraction of sp³-hybridized carbons (Fsp3) is 0.720. The van der Waals surface area contributed by atoms with Crippen molar-refractivity contribution in [3.05, 3.63) is 109 Å². The summed E-state index contributed by atoms with van der Waals surface area (Å²) >= 11 is 0. The van der Waals surface area contributed by atoms with Crippen LogP contribution in [0.15, 0.2) is 109 Å². The maximum atomic E-state index is 12.9. The molecule has 0 aromatic heterocycles. The summed E-state index contributed by atoms with van der Waals surface area (Å²) in [4.78, 5) is 38.3. The molecule has 1 unspecified atom stereocenters. The second-order valence-corrected chi connectivity index (χ2v) is 22.7. The number of carbonyl (C=O) groups is 3. The molecule has 0 aromatic rings. The molecular weight excluding hydrogens is 997 g/mol. The van der Waals surface area contributed by atoms with Gasteiger partial charge in [-0.2, -0.15) is 0 Å². The fourth-order valence-electron chi connectivity index (χ4n) is 9.68. The van der Waals surface area contributed by atoms with Crippen LogP contribution < -0.4 is 0 Å². The van der Waals surface area contributed by atoms with Gasteiger partial charge in [-0.05, 0) is 109 Å². The molecule has 0 rings (SSSR count). The van der Waals surface area contributed by atoms with Gasteiger partial charge in [-0.3, -0.25) is 14.4 Å². The second-order valence-electron chi connectivity index (χ2n) is 22.7. The Morgan fingerprint density at radius 1 is 0.259 bits per heavy atom. The van der Waals surface area contributed by atoms with Crippen molar-refractivity contribution in [1.29, 1.82) is 0 Å². The van der Waals surface area contributed by atoms with E-state index < -0.39 is 6.10 Å². The van der Waals surface area contributed by atoms with Crippen molar-refractivity contribution in [1.82, 2.24) is 0 Å². The van der Waals surface area contributed by atoms with Gasteiger partial charge in [0.1, 0.15) is 13.2 Å². The summed E-state index contributed by atoms with van der Waals surface area (Å²) in [6.07, 6.45) is 94.2. The van der Waals surface area contributed by atoms with E-state index in [0.29, 0.717) is 19.3 Å². The lowest BCUT2D eigenvalue weighted by atomic mass is 10.0. The van der Waals surface area contributed by atoms with Crippen LogP contribution in [0.25, 0.3) is 0 Å². The Kier molecular flexibility index (Phi) is 65.2. The molecule has 6 nitrogen and oxygen atoms in total. The van der Waals surface area contributed by atoms with E-state index in [4.69, 9.17) is 14.2 Å². The average molecular weight is 1130 g/mol. The van der Waals surface area contributed by atoms with E-state index in [1.165, 1.54) is 193 Å². The van der Waals surface area contributed by atoms with Crippen molar-refractivity contribution in [3.8, 4) is 0 Å². The normalized spacial score (nSPS) is 12.8. The van der Waals surface area contributed by atoms with Gasteiger partial charge in [0.05, 0.1) is 0 Å². The third-order valence-electron chi connectivity index (χ3n) is 14.8. The van der Waals surface area contributed by atoms with Crippen molar-refractivity contribution in [3.63, 3.8) is 0 Å². The smallest absolute Gasteiger partial charge is 0.306 e. The quantitative estimate of drug-likeness (QED) is 0.0261. The van der Waals surface area contributed by atoms with E-state index in [-0.39, 0.29) is 37.5 Å². The minimum atomic E-state index is -0.812. The third-order valence-corrected chi connectivity index (χ3v) is 14.8. The zero-order valence-electron chi connectivity index (χ0n) is 53.3. The molecule has 0 heterocycles. The van der Waals surface area contributed by atoms with E-state index in [1.54, 1.807) is 0 Å². The molecular formula is C75H128O6. The number of rotatable bonds is 62. The highest BCUT2D eigenvalue weighted by atomic mass is 16.6. The Morgan fingerprint density at radius 2 is 0.506 bits per heavy atom. The molecule has 6 heteroatoms. The van der Waals surface area contributed by atoms with Crippen molar-refractivity contribution in [2.24, 2.45) is 0 Å². The third kappa shape index (κ3) is 66.8. The monoisotopic (exact) mass is 1120 g/mol. The molecule has 0 aromatic carbocycles. The summed E-state index contributed by atoms with van der Waals surface area (Å²) in [6, 6.07) is 0. The van der Waals surface area contributed by atoms with Gasteiger partial charge in [0.25, 0.3) is 0 Å². The number of ether oxygens (including phenoxy) is 3. The number of hydrogen-bond donors (Lipinski definition) is 0. The molecule has 1 atom stereocenters. The molecule has 0 saturated carbocycles. The maximum absolute atomic E-state index is 12.9. The Morgan fingerprint density at radius 3 is 0.840 bits per heavy atom. The van der Waals surface area contributed by atoms with Gasteiger partial charge in [0.15, 0.2) is 6.10 Å². The first kappa shape index (κ1) is 77.1. The minimum Gasteiger partial charge on any atom is -0.462 e. The van der Waals surface area contributed by atoms with Crippen molar-refractivity contribution < 1.29 is 28.6 Å². The topological polar surface area (TPSA) is 78.9 Å². The van der Waals surface area contributed by atoms with Crippen LogP contribution >= 0.6 is 0 Å². The van der Waals surface area contributed by atoms with E-state index >= 15 is 0 Å². The predicted octanol–water partition coefficient (Wildman–Crippen LogP) is 23.8. The largest absolute Gasteiger partial charge is 0.462 e. The SMILES string of the molecule is CC/C=C\C/C=C\C/C=C\C/C=C\CCCCCCCCCCCCC(=O)OC(COC(=O)CC/C=C\C/C=C\C/C=C\C/C=C\CC)COC(=O)CCCCCCCCCCCCCCCCC/C=C\CCCCCCCCCC. The molecule has 0 aliphatic carbocycles. The first-order valence-electron chi connectivity index (χ1n) is 34.4. The van der Waals surface area contributed by atoms with Crippen molar-refractivity contribution >= 4 is 17.9 Å². The summed E-state index contributed by atoms with van der Waals surface area (Å²) in [6.45, 7) is 6.38. The first-order chi connectivity index (χ1) is 40.0. The lowest BCUT2D eigenvalue weighted by molar-refractivity contribution is -0.166. The number of hydrogen-bond acceptors (Lipinski definition) is 6. The lowest BCUT2D eigenvalue weighted by Crippen LogP contribution is -2.30. The van der Waals surface area contributed by atoms with Gasteiger partial charge in [-0.1, -0.05) is 310 Å². The molecule has 0 radical (unpaired) electrons. The van der Waals surface area contributed by atoms with Gasteiger partial charge in [0, 0.05) is 19.3 Å². The molecule has 81 heavy (non-hydrogen) atoms. The van der Waals surface area contributed by atoms with Gasteiger partial charge in [-0.25, -0.2) is 0 Å².